The van der Waals surface area contributed by atoms with Crippen LogP contribution in [0.1, 0.15) is 25.3 Å². The van der Waals surface area contributed by atoms with Crippen molar-refractivity contribution >= 4 is 5.91 Å². The molecule has 17 heavy (non-hydrogen) atoms. The van der Waals surface area contributed by atoms with Crippen LogP contribution in [0.5, 0.6) is 0 Å². The molecule has 0 aliphatic rings. The van der Waals surface area contributed by atoms with Gasteiger partial charge in [0.1, 0.15) is 5.82 Å². The van der Waals surface area contributed by atoms with Crippen LogP contribution in [0, 0.1) is 5.82 Å². The summed E-state index contributed by atoms with van der Waals surface area (Å²) in [4.78, 5) is 13.3. The molecule has 0 saturated carbocycles. The van der Waals surface area contributed by atoms with E-state index in [2.05, 4.69) is 6.92 Å². The molecule has 0 radical (unpaired) electrons. The summed E-state index contributed by atoms with van der Waals surface area (Å²) in [5.41, 5.74) is 6.16. The van der Waals surface area contributed by atoms with Gasteiger partial charge in [0.25, 0.3) is 0 Å². The van der Waals surface area contributed by atoms with Gasteiger partial charge in [0.05, 0.1) is 6.54 Å². The van der Waals surface area contributed by atoms with Gasteiger partial charge in [-0.1, -0.05) is 25.5 Å². The van der Waals surface area contributed by atoms with Gasteiger partial charge in [-0.15, -0.1) is 0 Å². The van der Waals surface area contributed by atoms with Crippen molar-refractivity contribution in [3.63, 3.8) is 0 Å². The zero-order valence-corrected chi connectivity index (χ0v) is 10.2. The first kappa shape index (κ1) is 13.6. The van der Waals surface area contributed by atoms with Crippen LogP contribution in [0.4, 0.5) is 4.39 Å². The standard InChI is InChI=1S/C13H19FN2O/c1-2-3-7-16(13(17)9-15)10-11-5-4-6-12(14)8-11/h4-6,8H,2-3,7,9-10,15H2,1H3. The SMILES string of the molecule is CCCCN(Cc1cccc(F)c1)C(=O)CN. The van der Waals surface area contributed by atoms with Crippen LogP contribution in [0.15, 0.2) is 24.3 Å². The van der Waals surface area contributed by atoms with Crippen molar-refractivity contribution in [2.45, 2.75) is 26.3 Å². The average Bonchev–Trinajstić information content (AvgIpc) is 2.33. The number of carbonyl (C=O) groups excluding carboxylic acids is 1. The second-order valence-corrected chi connectivity index (χ2v) is 4.00. The maximum absolute atomic E-state index is 13.0. The molecule has 0 aromatic heterocycles. The maximum atomic E-state index is 13.0. The van der Waals surface area contributed by atoms with Crippen LogP contribution in [0.25, 0.3) is 0 Å². The van der Waals surface area contributed by atoms with E-state index in [0.29, 0.717) is 13.1 Å². The van der Waals surface area contributed by atoms with E-state index in [-0.39, 0.29) is 18.3 Å². The summed E-state index contributed by atoms with van der Waals surface area (Å²) >= 11 is 0. The Morgan fingerprint density at radius 3 is 2.82 bits per heavy atom. The Labute approximate surface area is 101 Å². The molecule has 1 amide bonds. The highest BCUT2D eigenvalue weighted by Gasteiger charge is 2.11. The Bertz CT molecular complexity index is 368. The van der Waals surface area contributed by atoms with Gasteiger partial charge in [-0.3, -0.25) is 4.79 Å². The molecule has 0 atom stereocenters. The molecule has 0 unspecified atom stereocenters. The van der Waals surface area contributed by atoms with Crippen LogP contribution in [-0.4, -0.2) is 23.9 Å². The predicted molar refractivity (Wildman–Crippen MR) is 65.8 cm³/mol. The van der Waals surface area contributed by atoms with Gasteiger partial charge in [-0.2, -0.15) is 0 Å². The van der Waals surface area contributed by atoms with Crippen molar-refractivity contribution in [3.8, 4) is 0 Å². The van der Waals surface area contributed by atoms with Crippen LogP contribution in [0.3, 0.4) is 0 Å². The van der Waals surface area contributed by atoms with Crippen LogP contribution < -0.4 is 5.73 Å². The number of nitrogens with zero attached hydrogens (tertiary/aromatic N) is 1. The first-order valence-electron chi connectivity index (χ1n) is 5.89. The van der Waals surface area contributed by atoms with E-state index in [1.165, 1.54) is 12.1 Å². The highest BCUT2D eigenvalue weighted by Crippen LogP contribution is 2.08. The quantitative estimate of drug-likeness (QED) is 0.823. The van der Waals surface area contributed by atoms with E-state index in [0.717, 1.165) is 18.4 Å². The number of halogens is 1. The van der Waals surface area contributed by atoms with Gasteiger partial charge in [0, 0.05) is 13.1 Å². The molecule has 0 aliphatic heterocycles. The smallest absolute Gasteiger partial charge is 0.236 e. The summed E-state index contributed by atoms with van der Waals surface area (Å²) in [5, 5.41) is 0. The first-order valence-corrected chi connectivity index (χ1v) is 5.89. The van der Waals surface area contributed by atoms with E-state index in [1.54, 1.807) is 11.0 Å². The zero-order valence-electron chi connectivity index (χ0n) is 10.2. The molecular weight excluding hydrogens is 219 g/mol. The Balaban J connectivity index is 2.68. The Morgan fingerprint density at radius 2 is 2.24 bits per heavy atom. The number of hydrogen-bond acceptors (Lipinski definition) is 2. The van der Waals surface area contributed by atoms with Crippen LogP contribution >= 0.6 is 0 Å². The lowest BCUT2D eigenvalue weighted by Crippen LogP contribution is -2.36. The largest absolute Gasteiger partial charge is 0.337 e. The summed E-state index contributed by atoms with van der Waals surface area (Å²) in [6.45, 7) is 3.16. The van der Waals surface area contributed by atoms with Crippen molar-refractivity contribution in [1.82, 2.24) is 4.90 Å². The third kappa shape index (κ3) is 4.53. The molecule has 0 bridgehead atoms. The van der Waals surface area contributed by atoms with Crippen molar-refractivity contribution in [1.29, 1.82) is 0 Å². The lowest BCUT2D eigenvalue weighted by Gasteiger charge is -2.22. The Hall–Kier alpha value is -1.42. The molecule has 0 spiro atoms. The fraction of sp³-hybridized carbons (Fsp3) is 0.462. The van der Waals surface area contributed by atoms with E-state index in [1.807, 2.05) is 6.07 Å². The van der Waals surface area contributed by atoms with Gasteiger partial charge in [-0.05, 0) is 24.1 Å². The third-order valence-corrected chi connectivity index (χ3v) is 2.57. The van der Waals surface area contributed by atoms with Gasteiger partial charge >= 0.3 is 0 Å². The molecule has 1 aromatic rings. The van der Waals surface area contributed by atoms with Crippen LogP contribution in [0.2, 0.25) is 0 Å². The Kier molecular flexibility index (Phi) is 5.63. The average molecular weight is 238 g/mol. The molecule has 3 nitrogen and oxygen atoms in total. The monoisotopic (exact) mass is 238 g/mol. The van der Waals surface area contributed by atoms with E-state index in [4.69, 9.17) is 5.73 Å². The topological polar surface area (TPSA) is 46.3 Å². The number of rotatable bonds is 6. The van der Waals surface area contributed by atoms with Gasteiger partial charge < -0.3 is 10.6 Å². The minimum Gasteiger partial charge on any atom is -0.337 e. The molecule has 4 heteroatoms. The molecule has 0 fully saturated rings. The summed E-state index contributed by atoms with van der Waals surface area (Å²) in [7, 11) is 0. The van der Waals surface area contributed by atoms with E-state index in [9.17, 15) is 9.18 Å². The van der Waals surface area contributed by atoms with Crippen molar-refractivity contribution in [2.24, 2.45) is 5.73 Å². The number of unbranched alkanes of at least 4 members (excludes halogenated alkanes) is 1. The molecule has 0 heterocycles. The van der Waals surface area contributed by atoms with Gasteiger partial charge in [-0.25, -0.2) is 4.39 Å². The summed E-state index contributed by atoms with van der Waals surface area (Å²) in [5.74, 6) is -0.374. The highest BCUT2D eigenvalue weighted by molar-refractivity contribution is 5.78. The number of benzene rings is 1. The molecule has 1 rings (SSSR count). The minimum absolute atomic E-state index is 0.000962. The fourth-order valence-corrected chi connectivity index (χ4v) is 1.63. The molecule has 1 aromatic carbocycles. The predicted octanol–water partition coefficient (Wildman–Crippen LogP) is 1.91. The molecular formula is C13H19FN2O. The summed E-state index contributed by atoms with van der Waals surface area (Å²) in [6, 6.07) is 6.30. The number of hydrogen-bond donors (Lipinski definition) is 1. The second kappa shape index (κ2) is 7.01. The highest BCUT2D eigenvalue weighted by atomic mass is 19.1. The molecule has 2 N–H and O–H groups in total. The number of amides is 1. The van der Waals surface area contributed by atoms with Crippen molar-refractivity contribution < 1.29 is 9.18 Å². The fourth-order valence-electron chi connectivity index (χ4n) is 1.63. The minimum atomic E-state index is -0.280. The first-order chi connectivity index (χ1) is 8.17. The lowest BCUT2D eigenvalue weighted by atomic mass is 10.2. The van der Waals surface area contributed by atoms with Gasteiger partial charge in [0.2, 0.25) is 5.91 Å². The zero-order chi connectivity index (χ0) is 12.7. The molecule has 0 saturated heterocycles. The van der Waals surface area contributed by atoms with Gasteiger partial charge in [0.15, 0.2) is 0 Å². The van der Waals surface area contributed by atoms with Crippen molar-refractivity contribution in [2.75, 3.05) is 13.1 Å². The van der Waals surface area contributed by atoms with Crippen molar-refractivity contribution in [3.05, 3.63) is 35.6 Å². The van der Waals surface area contributed by atoms with Crippen LogP contribution in [-0.2, 0) is 11.3 Å². The second-order valence-electron chi connectivity index (χ2n) is 4.00. The summed E-state index contributed by atoms with van der Waals surface area (Å²) in [6.07, 6.45) is 1.94. The molecule has 94 valence electrons. The van der Waals surface area contributed by atoms with E-state index < -0.39 is 0 Å². The third-order valence-electron chi connectivity index (χ3n) is 2.57. The number of nitrogens with two attached hydrogens (primary N) is 1. The number of carbonyl (C=O) groups is 1. The maximum Gasteiger partial charge on any atom is 0.236 e. The summed E-state index contributed by atoms with van der Waals surface area (Å²) < 4.78 is 13.0. The van der Waals surface area contributed by atoms with E-state index >= 15 is 0 Å². The lowest BCUT2D eigenvalue weighted by molar-refractivity contribution is -0.130. The normalized spacial score (nSPS) is 10.3. The molecule has 0 aliphatic carbocycles. The Morgan fingerprint density at radius 1 is 1.47 bits per heavy atom.